The van der Waals surface area contributed by atoms with Gasteiger partial charge in [0.2, 0.25) is 0 Å². The number of nitrogens with zero attached hydrogens (tertiary/aromatic N) is 3. The van der Waals surface area contributed by atoms with E-state index in [0.717, 1.165) is 30.1 Å². The topological polar surface area (TPSA) is 42.3 Å². The van der Waals surface area contributed by atoms with E-state index in [-0.39, 0.29) is 0 Å². The van der Waals surface area contributed by atoms with E-state index >= 15 is 0 Å². The van der Waals surface area contributed by atoms with Crippen molar-refractivity contribution in [3.63, 3.8) is 0 Å². The molecule has 31 heavy (non-hydrogen) atoms. The molecular formula is C26H32N4O. The largest absolute Gasteiger partial charge is 0.497 e. The van der Waals surface area contributed by atoms with Crippen molar-refractivity contribution < 1.29 is 4.74 Å². The van der Waals surface area contributed by atoms with Crippen molar-refractivity contribution in [3.8, 4) is 11.4 Å². The summed E-state index contributed by atoms with van der Waals surface area (Å²) in [6, 6.07) is 17.2. The van der Waals surface area contributed by atoms with Gasteiger partial charge in [-0.1, -0.05) is 24.3 Å². The molecule has 0 saturated heterocycles. The van der Waals surface area contributed by atoms with Crippen molar-refractivity contribution in [1.82, 2.24) is 15.1 Å². The van der Waals surface area contributed by atoms with Gasteiger partial charge in [0.25, 0.3) is 0 Å². The van der Waals surface area contributed by atoms with Gasteiger partial charge in [0.05, 0.1) is 18.5 Å². The third kappa shape index (κ3) is 4.52. The summed E-state index contributed by atoms with van der Waals surface area (Å²) in [4.78, 5) is 2.12. The summed E-state index contributed by atoms with van der Waals surface area (Å²) in [6.07, 6.45) is 5.70. The molecule has 1 aliphatic rings. The van der Waals surface area contributed by atoms with Crippen LogP contribution in [-0.2, 0) is 6.54 Å². The Bertz CT molecular complexity index is 1050. The summed E-state index contributed by atoms with van der Waals surface area (Å²) < 4.78 is 7.33. The van der Waals surface area contributed by atoms with Crippen LogP contribution in [0.25, 0.3) is 5.69 Å². The van der Waals surface area contributed by atoms with E-state index < -0.39 is 0 Å². The molecule has 1 heterocycles. The minimum Gasteiger partial charge on any atom is -0.497 e. The molecule has 5 nitrogen and oxygen atoms in total. The average molecular weight is 417 g/mol. The van der Waals surface area contributed by atoms with E-state index in [2.05, 4.69) is 86.7 Å². The van der Waals surface area contributed by atoms with E-state index in [4.69, 9.17) is 9.84 Å². The number of hydrogen-bond acceptors (Lipinski definition) is 4. The van der Waals surface area contributed by atoms with Crippen LogP contribution >= 0.6 is 0 Å². The van der Waals surface area contributed by atoms with Crippen LogP contribution in [0.4, 0.5) is 5.69 Å². The molecule has 3 aromatic rings. The Kier molecular flexibility index (Phi) is 6.14. The molecule has 1 N–H and O–H groups in total. The smallest absolute Gasteiger partial charge is 0.119 e. The van der Waals surface area contributed by atoms with Gasteiger partial charge < -0.3 is 15.0 Å². The summed E-state index contributed by atoms with van der Waals surface area (Å²) >= 11 is 0. The third-order valence-corrected chi connectivity index (χ3v) is 6.14. The van der Waals surface area contributed by atoms with E-state index in [1.165, 1.54) is 22.5 Å². The van der Waals surface area contributed by atoms with Crippen LogP contribution in [0.15, 0.2) is 60.7 Å². The highest BCUT2D eigenvalue weighted by molar-refractivity contribution is 5.46. The van der Waals surface area contributed by atoms with Gasteiger partial charge in [-0.05, 0) is 62.2 Å². The molecule has 2 aromatic carbocycles. The number of allylic oxidation sites excluding steroid dienone is 1. The lowest BCUT2D eigenvalue weighted by Gasteiger charge is -2.16. The first kappa shape index (κ1) is 21.2. The summed E-state index contributed by atoms with van der Waals surface area (Å²) in [6.45, 7) is 5.15. The number of aromatic nitrogens is 2. The highest BCUT2D eigenvalue weighted by Gasteiger charge is 2.26. The number of nitrogens with one attached hydrogen (secondary N) is 1. The van der Waals surface area contributed by atoms with E-state index in [1.54, 1.807) is 7.11 Å². The van der Waals surface area contributed by atoms with E-state index in [0.29, 0.717) is 12.0 Å². The fraction of sp³-hybridized carbons (Fsp3) is 0.346. The maximum Gasteiger partial charge on any atom is 0.119 e. The first-order chi connectivity index (χ1) is 15.0. The summed E-state index contributed by atoms with van der Waals surface area (Å²) in [5, 5.41) is 8.53. The number of rotatable bonds is 7. The SMILES string of the molecule is COc1ccc(-n2nc(C)c([C@@H]3C=C[C@@H](NCc4ccc(N(C)C)cc4)C3)c2C)cc1. The molecule has 1 aromatic heterocycles. The van der Waals surface area contributed by atoms with Crippen molar-refractivity contribution in [2.45, 2.75) is 38.8 Å². The van der Waals surface area contributed by atoms with Crippen molar-refractivity contribution in [2.75, 3.05) is 26.1 Å². The zero-order valence-electron chi connectivity index (χ0n) is 19.1. The van der Waals surface area contributed by atoms with Gasteiger partial charge in [-0.25, -0.2) is 4.68 Å². The molecule has 1 aliphatic carbocycles. The molecule has 0 aliphatic heterocycles. The Hall–Kier alpha value is -3.05. The van der Waals surface area contributed by atoms with Gasteiger partial charge in [0.1, 0.15) is 5.75 Å². The standard InChI is InChI=1S/C26H32N4O/c1-18-26(19(2)30(28-18)24-12-14-25(31-5)15-13-24)21-8-9-22(16-21)27-17-20-6-10-23(11-7-20)29(3)4/h6-15,21-22,27H,16-17H2,1-5H3/t21-,22-/m1/s1. The Labute approximate surface area is 185 Å². The number of ether oxygens (including phenoxy) is 1. The van der Waals surface area contributed by atoms with Gasteiger partial charge in [-0.15, -0.1) is 0 Å². The Morgan fingerprint density at radius 3 is 2.39 bits per heavy atom. The maximum atomic E-state index is 5.28. The lowest BCUT2D eigenvalue weighted by Crippen LogP contribution is -2.25. The first-order valence-electron chi connectivity index (χ1n) is 10.8. The zero-order valence-corrected chi connectivity index (χ0v) is 19.1. The molecule has 0 unspecified atom stereocenters. The van der Waals surface area contributed by atoms with Crippen LogP contribution in [0.3, 0.4) is 0 Å². The second-order valence-corrected chi connectivity index (χ2v) is 8.47. The van der Waals surface area contributed by atoms with Crippen molar-refractivity contribution in [2.24, 2.45) is 0 Å². The normalized spacial score (nSPS) is 17.8. The number of benzene rings is 2. The number of hydrogen-bond donors (Lipinski definition) is 1. The first-order valence-corrected chi connectivity index (χ1v) is 10.8. The van der Waals surface area contributed by atoms with Crippen LogP contribution in [0.5, 0.6) is 5.75 Å². The minimum absolute atomic E-state index is 0.377. The maximum absolute atomic E-state index is 5.28. The molecular weight excluding hydrogens is 384 g/mol. The van der Waals surface area contributed by atoms with Gasteiger partial charge in [-0.2, -0.15) is 5.10 Å². The molecule has 5 heteroatoms. The molecule has 0 amide bonds. The highest BCUT2D eigenvalue weighted by atomic mass is 16.5. The van der Waals surface area contributed by atoms with Gasteiger partial charge in [0.15, 0.2) is 0 Å². The van der Waals surface area contributed by atoms with Crippen molar-refractivity contribution in [3.05, 3.63) is 83.2 Å². The average Bonchev–Trinajstić information content (AvgIpc) is 3.36. The fourth-order valence-electron chi connectivity index (χ4n) is 4.39. The Morgan fingerprint density at radius 2 is 1.74 bits per heavy atom. The second-order valence-electron chi connectivity index (χ2n) is 8.47. The number of methoxy groups -OCH3 is 1. The van der Waals surface area contributed by atoms with Gasteiger partial charge >= 0.3 is 0 Å². The lowest BCUT2D eigenvalue weighted by atomic mass is 9.96. The van der Waals surface area contributed by atoms with E-state index in [1.807, 2.05) is 16.8 Å². The monoisotopic (exact) mass is 416 g/mol. The number of anilines is 1. The Balaban J connectivity index is 1.42. The zero-order chi connectivity index (χ0) is 22.0. The van der Waals surface area contributed by atoms with Gasteiger partial charge in [0, 0.05) is 49.5 Å². The quantitative estimate of drug-likeness (QED) is 0.564. The van der Waals surface area contributed by atoms with Crippen LogP contribution in [-0.4, -0.2) is 37.0 Å². The molecule has 0 spiro atoms. The molecule has 2 atom stereocenters. The van der Waals surface area contributed by atoms with Crippen molar-refractivity contribution >= 4 is 5.69 Å². The highest BCUT2D eigenvalue weighted by Crippen LogP contribution is 2.34. The molecule has 0 fully saturated rings. The molecule has 0 bridgehead atoms. The van der Waals surface area contributed by atoms with Crippen LogP contribution in [0, 0.1) is 13.8 Å². The van der Waals surface area contributed by atoms with E-state index in [9.17, 15) is 0 Å². The van der Waals surface area contributed by atoms with Crippen LogP contribution < -0.4 is 15.0 Å². The molecule has 0 saturated carbocycles. The molecule has 162 valence electrons. The predicted octanol–water partition coefficient (Wildman–Crippen LogP) is 4.77. The third-order valence-electron chi connectivity index (χ3n) is 6.14. The molecule has 0 radical (unpaired) electrons. The van der Waals surface area contributed by atoms with Gasteiger partial charge in [-0.3, -0.25) is 0 Å². The van der Waals surface area contributed by atoms with Crippen LogP contribution in [0.2, 0.25) is 0 Å². The Morgan fingerprint density at radius 1 is 1.03 bits per heavy atom. The summed E-state index contributed by atoms with van der Waals surface area (Å²) in [7, 11) is 5.82. The van der Waals surface area contributed by atoms with Crippen LogP contribution in [0.1, 0.15) is 34.9 Å². The fourth-order valence-corrected chi connectivity index (χ4v) is 4.39. The summed E-state index contributed by atoms with van der Waals surface area (Å²) in [5.74, 6) is 1.25. The lowest BCUT2D eigenvalue weighted by molar-refractivity contribution is 0.414. The minimum atomic E-state index is 0.377. The summed E-state index contributed by atoms with van der Waals surface area (Å²) in [5.41, 5.74) is 7.24. The van der Waals surface area contributed by atoms with Crippen molar-refractivity contribution in [1.29, 1.82) is 0 Å². The second kappa shape index (κ2) is 8.98. The molecule has 4 rings (SSSR count). The predicted molar refractivity (Wildman–Crippen MR) is 127 cm³/mol. The number of aryl methyl sites for hydroxylation is 1.